The number of carbonyl (C=O) groups is 2. The Balaban J connectivity index is 0.924. The summed E-state index contributed by atoms with van der Waals surface area (Å²) in [4.78, 5) is 66.7. The highest BCUT2D eigenvalue weighted by atomic mass is 32.4. The highest BCUT2D eigenvalue weighted by molar-refractivity contribution is 8.02. The first-order valence-electron chi connectivity index (χ1n) is 19.2. The van der Waals surface area contributed by atoms with Gasteiger partial charge in [-0.2, -0.15) is 5.10 Å². The molecule has 0 saturated carbocycles. The van der Waals surface area contributed by atoms with Crippen LogP contribution in [0.1, 0.15) is 27.8 Å². The van der Waals surface area contributed by atoms with E-state index in [0.29, 0.717) is 52.4 Å². The summed E-state index contributed by atoms with van der Waals surface area (Å²) in [6.45, 7) is 0.228. The van der Waals surface area contributed by atoms with E-state index in [1.54, 1.807) is 54.4 Å². The molecule has 0 bridgehead atoms. The Morgan fingerprint density at radius 3 is 1.60 bits per heavy atom. The van der Waals surface area contributed by atoms with Crippen LogP contribution in [0.4, 0.5) is 0 Å². The second-order valence-corrected chi connectivity index (χ2v) is 19.8. The number of hydrogen-bond acceptors (Lipinski definition) is 10. The van der Waals surface area contributed by atoms with Gasteiger partial charge in [-0.25, -0.2) is 4.78 Å². The number of imide groups is 1. The number of carbonyl (C=O) groups excluding carboxylic acids is 2. The van der Waals surface area contributed by atoms with Gasteiger partial charge < -0.3 is 33.6 Å². The molecule has 62 heavy (non-hydrogen) atoms. The Labute approximate surface area is 364 Å². The molecule has 4 N–H and O–H groups in total. The number of benzene rings is 5. The maximum atomic E-state index is 13.6. The van der Waals surface area contributed by atoms with Crippen LogP contribution in [0.5, 0.6) is 17.2 Å². The molecule has 1 atom stereocenters. The van der Waals surface area contributed by atoms with Crippen molar-refractivity contribution < 1.29 is 52.3 Å². The number of rotatable bonds is 21. The Morgan fingerprint density at radius 2 is 1.11 bits per heavy atom. The van der Waals surface area contributed by atoms with Gasteiger partial charge in [0, 0.05) is 20.1 Å². The Morgan fingerprint density at radius 1 is 0.661 bits per heavy atom. The van der Waals surface area contributed by atoms with E-state index in [4.69, 9.17) is 25.8 Å². The maximum Gasteiger partial charge on any atom is 0.339 e. The van der Waals surface area contributed by atoms with Gasteiger partial charge >= 0.3 is 15.2 Å². The Hall–Kier alpha value is -5.24. The van der Waals surface area contributed by atoms with Gasteiger partial charge in [-0.05, 0) is 101 Å². The highest BCUT2D eigenvalue weighted by Crippen LogP contribution is 2.41. The molecule has 2 amide bonds. The molecule has 5 aromatic carbocycles. The van der Waals surface area contributed by atoms with Crippen LogP contribution in [0.15, 0.2) is 139 Å². The molecule has 5 aromatic rings. The molecule has 0 radical (unpaired) electrons. The SMILES string of the molecule is CN(/N=C/c1ccc(OCOc2ccc(CCN3C(=O)C(c4ccccc4)=C(c4ccccc4)C3=O)cc2)cc1)[PH](=S)Oc1ccc(CCN(CP(=O)(O)O)CP(=O)(O)O)cc1. The lowest BCUT2D eigenvalue weighted by Crippen LogP contribution is -2.33. The van der Waals surface area contributed by atoms with Crippen LogP contribution < -0.4 is 14.0 Å². The average Bonchev–Trinajstić information content (AvgIpc) is 3.50. The molecule has 6 rings (SSSR count). The molecule has 15 nitrogen and oxygen atoms in total. The molecule has 0 spiro atoms. The Bertz CT molecular complexity index is 2420. The van der Waals surface area contributed by atoms with Gasteiger partial charge in [0.05, 0.1) is 17.4 Å². The van der Waals surface area contributed by atoms with Crippen molar-refractivity contribution in [3.8, 4) is 17.2 Å². The Kier molecular flexibility index (Phi) is 15.8. The molecular formula is C43H45N4O11P3S. The minimum Gasteiger partial charge on any atom is -0.458 e. The largest absolute Gasteiger partial charge is 0.458 e. The summed E-state index contributed by atoms with van der Waals surface area (Å²) in [6.07, 6.45) is 0.892. The van der Waals surface area contributed by atoms with Crippen LogP contribution in [-0.4, -0.2) is 91.7 Å². The summed E-state index contributed by atoms with van der Waals surface area (Å²) < 4.78 is 41.8. The van der Waals surface area contributed by atoms with Gasteiger partial charge in [0.25, 0.3) is 11.8 Å². The minimum absolute atomic E-state index is 0.0319. The summed E-state index contributed by atoms with van der Waals surface area (Å²) in [5.74, 6) is 1.07. The summed E-state index contributed by atoms with van der Waals surface area (Å²) in [5, 5.41) is 4.42. The molecule has 0 aliphatic carbocycles. The quantitative estimate of drug-likeness (QED) is 0.0202. The molecule has 19 heteroatoms. The van der Waals surface area contributed by atoms with E-state index in [0.717, 1.165) is 21.6 Å². The summed E-state index contributed by atoms with van der Waals surface area (Å²) in [5.41, 5.74) is 4.74. The van der Waals surface area contributed by atoms with Gasteiger partial charge in [-0.1, -0.05) is 84.9 Å². The second kappa shape index (κ2) is 21.2. The van der Waals surface area contributed by atoms with Crippen LogP contribution in [0.25, 0.3) is 11.1 Å². The third kappa shape index (κ3) is 13.6. The lowest BCUT2D eigenvalue weighted by atomic mass is 9.96. The van der Waals surface area contributed by atoms with Crippen molar-refractivity contribution in [3.05, 3.63) is 161 Å². The second-order valence-electron chi connectivity index (χ2n) is 14.2. The molecule has 0 aromatic heterocycles. The van der Waals surface area contributed by atoms with Crippen molar-refractivity contribution in [2.24, 2.45) is 5.10 Å². The zero-order valence-corrected chi connectivity index (χ0v) is 37.1. The van der Waals surface area contributed by atoms with Crippen LogP contribution >= 0.6 is 22.3 Å². The van der Waals surface area contributed by atoms with Gasteiger partial charge in [0.2, 0.25) is 13.9 Å². The van der Waals surface area contributed by atoms with E-state index in [9.17, 15) is 38.3 Å². The monoisotopic (exact) mass is 918 g/mol. The molecule has 1 unspecified atom stereocenters. The first-order valence-corrected chi connectivity index (χ1v) is 25.3. The van der Waals surface area contributed by atoms with Crippen molar-refractivity contribution in [1.29, 1.82) is 0 Å². The maximum absolute atomic E-state index is 13.6. The van der Waals surface area contributed by atoms with E-state index >= 15 is 0 Å². The first-order chi connectivity index (χ1) is 29.6. The summed E-state index contributed by atoms with van der Waals surface area (Å²) in [6, 6.07) is 40.1. The standard InChI is InChI=1S/C43H45N4O11P3S/c1-45(59(62)58-39-22-14-32(15-23-39)24-26-46(29-60(50,51)52)30-61(53,54)55)44-28-34-16-20-38(21-17-34)57-31-56-37-18-12-33(13-19-37)25-27-47-42(48)40(35-8-4-2-5-9-35)41(43(47)49)36-10-6-3-7-11-36/h2-23,28,59H,24-27,29-31H2,1H3,(H2,50,51,52)(H2,53,54,55)/b44-28+. The van der Waals surface area contributed by atoms with Crippen LogP contribution in [0, 0.1) is 0 Å². The number of nitrogens with zero attached hydrogens (tertiary/aromatic N) is 4. The molecular weight excluding hydrogens is 873 g/mol. The third-order valence-corrected chi connectivity index (χ3v) is 13.1. The third-order valence-electron chi connectivity index (χ3n) is 9.43. The summed E-state index contributed by atoms with van der Waals surface area (Å²) in [7, 11) is -9.30. The smallest absolute Gasteiger partial charge is 0.339 e. The molecule has 0 saturated heterocycles. The minimum atomic E-state index is -4.51. The fourth-order valence-corrected chi connectivity index (χ4v) is 9.15. The van der Waals surface area contributed by atoms with Crippen molar-refractivity contribution in [2.45, 2.75) is 12.8 Å². The van der Waals surface area contributed by atoms with Crippen LogP contribution in [0.3, 0.4) is 0 Å². The van der Waals surface area contributed by atoms with E-state index in [2.05, 4.69) is 5.10 Å². The molecule has 1 heterocycles. The van der Waals surface area contributed by atoms with Crippen LogP contribution in [-0.2, 0) is 43.4 Å². The first kappa shape index (κ1) is 46.3. The van der Waals surface area contributed by atoms with Gasteiger partial charge in [0.1, 0.15) is 29.8 Å². The van der Waals surface area contributed by atoms with Gasteiger partial charge in [-0.3, -0.25) is 28.5 Å². The lowest BCUT2D eigenvalue weighted by molar-refractivity contribution is -0.135. The number of hydrogen-bond donors (Lipinski definition) is 4. The highest BCUT2D eigenvalue weighted by Gasteiger charge is 2.39. The van der Waals surface area contributed by atoms with Crippen molar-refractivity contribution >= 4 is 63.2 Å². The van der Waals surface area contributed by atoms with Crippen molar-refractivity contribution in [2.75, 3.05) is 39.5 Å². The zero-order chi connectivity index (χ0) is 44.3. The molecule has 1 aliphatic heterocycles. The predicted octanol–water partition coefficient (Wildman–Crippen LogP) is 6.59. The summed E-state index contributed by atoms with van der Waals surface area (Å²) >= 11 is 5.55. The van der Waals surface area contributed by atoms with Crippen molar-refractivity contribution in [1.82, 2.24) is 14.6 Å². The van der Waals surface area contributed by atoms with Crippen molar-refractivity contribution in [3.63, 3.8) is 0 Å². The molecule has 324 valence electrons. The lowest BCUT2D eigenvalue weighted by Gasteiger charge is -2.23. The molecule has 0 fully saturated rings. The number of hydrazone groups is 1. The van der Waals surface area contributed by atoms with E-state index < -0.39 is 34.8 Å². The van der Waals surface area contributed by atoms with E-state index in [1.165, 1.54) is 4.90 Å². The van der Waals surface area contributed by atoms with Gasteiger partial charge in [0.15, 0.2) is 0 Å². The van der Waals surface area contributed by atoms with Gasteiger partial charge in [-0.15, -0.1) is 0 Å². The fourth-order valence-electron chi connectivity index (χ4n) is 6.42. The fraction of sp³-hybridized carbons (Fsp3) is 0.186. The van der Waals surface area contributed by atoms with E-state index in [1.807, 2.05) is 97.1 Å². The van der Waals surface area contributed by atoms with E-state index in [-0.39, 0.29) is 31.7 Å². The average molecular weight is 919 g/mol. The number of amides is 2. The normalized spacial score (nSPS) is 13.9. The molecule has 1 aliphatic rings. The topological polar surface area (TPSA) is 199 Å². The zero-order valence-electron chi connectivity index (χ0n) is 33.5. The predicted molar refractivity (Wildman–Crippen MR) is 241 cm³/mol. The van der Waals surface area contributed by atoms with Crippen LogP contribution in [0.2, 0.25) is 0 Å². The number of ether oxygens (including phenoxy) is 2.